The van der Waals surface area contributed by atoms with Gasteiger partial charge in [0.1, 0.15) is 0 Å². The number of hydrogen-bond donors (Lipinski definition) is 6. The van der Waals surface area contributed by atoms with Crippen LogP contribution in [0.5, 0.6) is 0 Å². The first kappa shape index (κ1) is 27.7. The molecule has 0 radical (unpaired) electrons. The Hall–Kier alpha value is -3.33. The zero-order chi connectivity index (χ0) is 27.1. The summed E-state index contributed by atoms with van der Waals surface area (Å²) in [7, 11) is 0. The van der Waals surface area contributed by atoms with Crippen LogP contribution < -0.4 is 27.0 Å². The van der Waals surface area contributed by atoms with Gasteiger partial charge in [-0.1, -0.05) is 30.4 Å². The van der Waals surface area contributed by atoms with Gasteiger partial charge in [-0.2, -0.15) is 0 Å². The fraction of sp³-hybridized carbons (Fsp3) is 0.433. The molecule has 3 aliphatic rings. The predicted octanol–water partition coefficient (Wildman–Crippen LogP) is 2.68. The molecule has 1 aromatic rings. The minimum atomic E-state index is -0.618. The van der Waals surface area contributed by atoms with Crippen molar-refractivity contribution in [3.8, 4) is 0 Å². The lowest BCUT2D eigenvalue weighted by atomic mass is 9.97. The van der Waals surface area contributed by atoms with Gasteiger partial charge in [0, 0.05) is 30.4 Å². The van der Waals surface area contributed by atoms with Crippen molar-refractivity contribution >= 4 is 5.91 Å². The summed E-state index contributed by atoms with van der Waals surface area (Å²) < 4.78 is 5.89. The maximum absolute atomic E-state index is 12.6. The van der Waals surface area contributed by atoms with Crippen LogP contribution in [0, 0.1) is 0 Å². The number of aliphatic hydroxyl groups is 1. The highest BCUT2D eigenvalue weighted by Crippen LogP contribution is 2.20. The van der Waals surface area contributed by atoms with Crippen LogP contribution in [0.15, 0.2) is 83.4 Å². The smallest absolute Gasteiger partial charge is 0.251 e. The van der Waals surface area contributed by atoms with Crippen LogP contribution in [-0.4, -0.2) is 54.9 Å². The number of benzene rings is 1. The Labute approximate surface area is 225 Å². The third-order valence-electron chi connectivity index (χ3n) is 7.08. The molecule has 3 heterocycles. The minimum Gasteiger partial charge on any atom is -0.397 e. The van der Waals surface area contributed by atoms with E-state index in [2.05, 4.69) is 53.3 Å². The van der Waals surface area contributed by atoms with Gasteiger partial charge in [-0.05, 0) is 75.1 Å². The van der Waals surface area contributed by atoms with Crippen LogP contribution in [0.3, 0.4) is 0 Å². The van der Waals surface area contributed by atoms with Gasteiger partial charge in [0.15, 0.2) is 0 Å². The highest BCUT2D eigenvalue weighted by molar-refractivity contribution is 5.94. The van der Waals surface area contributed by atoms with Gasteiger partial charge in [0.05, 0.1) is 42.3 Å². The molecule has 8 nitrogen and oxygen atoms in total. The summed E-state index contributed by atoms with van der Waals surface area (Å²) in [4.78, 5) is 12.6. The number of carbonyl (C=O) groups excluding carboxylic acids is 1. The molecular weight excluding hydrogens is 478 g/mol. The molecule has 1 fully saturated rings. The van der Waals surface area contributed by atoms with E-state index in [0.29, 0.717) is 36.0 Å². The number of dihydropyridines is 1. The lowest BCUT2D eigenvalue weighted by Gasteiger charge is -2.31. The summed E-state index contributed by atoms with van der Waals surface area (Å²) in [5.41, 5.74) is 11.4. The second kappa shape index (κ2) is 13.0. The SMILES string of the molecule is CC1CCC(/C=C\C=C(/N)C2=CC=C3CNC(CNC(=O)c4cccc(C(C)O)c4)=CC3N2)NCC(C)O1. The van der Waals surface area contributed by atoms with Crippen molar-refractivity contribution in [1.29, 1.82) is 0 Å². The van der Waals surface area contributed by atoms with Gasteiger partial charge < -0.3 is 36.8 Å². The lowest BCUT2D eigenvalue weighted by molar-refractivity contribution is -0.00571. The van der Waals surface area contributed by atoms with Crippen molar-refractivity contribution in [3.63, 3.8) is 0 Å². The number of nitrogens with two attached hydrogens (primary N) is 1. The standard InChI is InChI=1S/C30H41N5O3/c1-19-10-12-25(32-16-20(2)38-19)8-5-9-27(31)28-13-11-24-17-33-26(15-29(24)35-28)18-34-30(37)23-7-4-6-22(14-23)21(3)36/h4-9,11,13-15,19-21,25,29,32-33,35-36H,10,12,16-18,31H2,1-3H3,(H,34,37)/b8-5-,27-9-. The van der Waals surface area contributed by atoms with Crippen LogP contribution in [0.2, 0.25) is 0 Å². The Bertz CT molecular complexity index is 1140. The van der Waals surface area contributed by atoms with Gasteiger partial charge in [0.2, 0.25) is 0 Å². The van der Waals surface area contributed by atoms with Gasteiger partial charge in [0.25, 0.3) is 5.91 Å². The third kappa shape index (κ3) is 7.60. The van der Waals surface area contributed by atoms with Crippen molar-refractivity contribution < 1.29 is 14.6 Å². The first-order valence-electron chi connectivity index (χ1n) is 13.5. The summed E-state index contributed by atoms with van der Waals surface area (Å²) in [5.74, 6) is -0.178. The van der Waals surface area contributed by atoms with E-state index in [1.165, 1.54) is 5.57 Å². The Kier molecular flexibility index (Phi) is 9.44. The molecule has 1 amide bonds. The fourth-order valence-corrected chi connectivity index (χ4v) is 4.81. The molecule has 0 bridgehead atoms. The van der Waals surface area contributed by atoms with Crippen molar-refractivity contribution in [2.45, 2.75) is 64.0 Å². The first-order chi connectivity index (χ1) is 18.3. The number of fused-ring (bicyclic) bond motifs is 1. The molecule has 204 valence electrons. The van der Waals surface area contributed by atoms with Gasteiger partial charge in [-0.15, -0.1) is 0 Å². The van der Waals surface area contributed by atoms with Crippen molar-refractivity contribution in [3.05, 3.63) is 94.5 Å². The maximum atomic E-state index is 12.6. The summed E-state index contributed by atoms with van der Waals surface area (Å²) in [6.07, 6.45) is 14.2. The predicted molar refractivity (Wildman–Crippen MR) is 151 cm³/mol. The van der Waals surface area contributed by atoms with Gasteiger partial charge in [-0.25, -0.2) is 0 Å². The van der Waals surface area contributed by atoms with Crippen LogP contribution in [0.1, 0.15) is 55.6 Å². The Morgan fingerprint density at radius 1 is 1.26 bits per heavy atom. The zero-order valence-corrected chi connectivity index (χ0v) is 22.5. The third-order valence-corrected chi connectivity index (χ3v) is 7.08. The molecule has 1 aromatic carbocycles. The number of hydrogen-bond acceptors (Lipinski definition) is 7. The molecule has 38 heavy (non-hydrogen) atoms. The highest BCUT2D eigenvalue weighted by Gasteiger charge is 2.22. The zero-order valence-electron chi connectivity index (χ0n) is 22.5. The summed E-state index contributed by atoms with van der Waals surface area (Å²) in [6.45, 7) is 7.82. The number of ether oxygens (including phenoxy) is 1. The monoisotopic (exact) mass is 519 g/mol. The molecule has 4 rings (SSSR count). The van der Waals surface area contributed by atoms with E-state index in [1.54, 1.807) is 25.1 Å². The van der Waals surface area contributed by atoms with Gasteiger partial charge in [-0.3, -0.25) is 4.79 Å². The van der Waals surface area contributed by atoms with Crippen molar-refractivity contribution in [1.82, 2.24) is 21.3 Å². The average Bonchev–Trinajstić information content (AvgIpc) is 2.91. The summed E-state index contributed by atoms with van der Waals surface area (Å²) in [5, 5.41) is 23.2. The second-order valence-electron chi connectivity index (χ2n) is 10.3. The van der Waals surface area contributed by atoms with Gasteiger partial charge >= 0.3 is 0 Å². The van der Waals surface area contributed by atoms with Crippen LogP contribution in [-0.2, 0) is 4.74 Å². The van der Waals surface area contributed by atoms with Crippen molar-refractivity contribution in [2.75, 3.05) is 19.6 Å². The molecule has 5 unspecified atom stereocenters. The quantitative estimate of drug-likeness (QED) is 0.307. The Morgan fingerprint density at radius 2 is 2.11 bits per heavy atom. The topological polar surface area (TPSA) is 121 Å². The maximum Gasteiger partial charge on any atom is 0.251 e. The summed E-state index contributed by atoms with van der Waals surface area (Å²) >= 11 is 0. The number of aliphatic hydroxyl groups excluding tert-OH is 1. The normalized spacial score (nSPS) is 26.9. The molecule has 1 saturated heterocycles. The molecule has 0 saturated carbocycles. The van der Waals surface area contributed by atoms with E-state index in [-0.39, 0.29) is 24.2 Å². The van der Waals surface area contributed by atoms with E-state index in [4.69, 9.17) is 10.5 Å². The lowest BCUT2D eigenvalue weighted by Crippen LogP contribution is -2.42. The number of allylic oxidation sites excluding steroid dienone is 4. The Balaban J connectivity index is 1.32. The van der Waals surface area contributed by atoms with Crippen molar-refractivity contribution in [2.24, 2.45) is 5.73 Å². The average molecular weight is 520 g/mol. The van der Waals surface area contributed by atoms with E-state index in [9.17, 15) is 9.90 Å². The number of nitrogens with one attached hydrogen (secondary N) is 4. The Morgan fingerprint density at radius 3 is 2.92 bits per heavy atom. The molecule has 8 heteroatoms. The molecule has 0 aliphatic carbocycles. The van der Waals surface area contributed by atoms with E-state index >= 15 is 0 Å². The molecular formula is C30H41N5O3. The number of rotatable bonds is 7. The van der Waals surface area contributed by atoms with Crippen LogP contribution in [0.4, 0.5) is 0 Å². The van der Waals surface area contributed by atoms with Crippen LogP contribution in [0.25, 0.3) is 0 Å². The van der Waals surface area contributed by atoms with E-state index in [1.807, 2.05) is 24.3 Å². The molecule has 5 atom stereocenters. The molecule has 7 N–H and O–H groups in total. The molecule has 0 spiro atoms. The minimum absolute atomic E-state index is 0.00731. The number of carbonyl (C=O) groups is 1. The van der Waals surface area contributed by atoms with Crippen LogP contribution >= 0.6 is 0 Å². The van der Waals surface area contributed by atoms with E-state index < -0.39 is 6.10 Å². The highest BCUT2D eigenvalue weighted by atomic mass is 16.5. The number of amides is 1. The summed E-state index contributed by atoms with van der Waals surface area (Å²) in [6, 6.07) is 7.36. The largest absolute Gasteiger partial charge is 0.397 e. The second-order valence-corrected chi connectivity index (χ2v) is 10.3. The molecule has 0 aromatic heterocycles. The van der Waals surface area contributed by atoms with E-state index in [0.717, 1.165) is 30.8 Å². The first-order valence-corrected chi connectivity index (χ1v) is 13.5. The fourth-order valence-electron chi connectivity index (χ4n) is 4.81. The molecule has 3 aliphatic heterocycles.